The van der Waals surface area contributed by atoms with Crippen LogP contribution in [0, 0.1) is 12.8 Å². The number of rotatable bonds is 5. The second-order valence-electron chi connectivity index (χ2n) is 9.67. The van der Waals surface area contributed by atoms with E-state index in [1.54, 1.807) is 17.4 Å². The van der Waals surface area contributed by atoms with E-state index in [0.717, 1.165) is 29.5 Å². The van der Waals surface area contributed by atoms with E-state index < -0.39 is 5.97 Å². The fraction of sp³-hybridized carbons (Fsp3) is 0.591. The van der Waals surface area contributed by atoms with Gasteiger partial charge < -0.3 is 10.0 Å². The third-order valence-corrected chi connectivity index (χ3v) is 7.61. The van der Waals surface area contributed by atoms with Crippen molar-refractivity contribution in [3.63, 3.8) is 0 Å². The van der Waals surface area contributed by atoms with Gasteiger partial charge >= 0.3 is 5.97 Å². The molecule has 0 aromatic carbocycles. The van der Waals surface area contributed by atoms with Crippen LogP contribution in [0.1, 0.15) is 79.9 Å². The van der Waals surface area contributed by atoms with E-state index in [0.29, 0.717) is 5.92 Å². The van der Waals surface area contributed by atoms with Crippen molar-refractivity contribution >= 4 is 28.3 Å². The summed E-state index contributed by atoms with van der Waals surface area (Å²) in [5.41, 5.74) is 2.56. The molecule has 2 heterocycles. The number of hydrogen-bond acceptors (Lipinski definition) is 5. The summed E-state index contributed by atoms with van der Waals surface area (Å²) >= 11 is 1.79. The van der Waals surface area contributed by atoms with Gasteiger partial charge in [-0.2, -0.15) is 0 Å². The van der Waals surface area contributed by atoms with Crippen molar-refractivity contribution in [2.45, 2.75) is 71.1 Å². The van der Waals surface area contributed by atoms with Crippen molar-refractivity contribution in [2.24, 2.45) is 5.92 Å². The average Bonchev–Trinajstić information content (AvgIpc) is 3.31. The van der Waals surface area contributed by atoms with Crippen LogP contribution in [0.5, 0.6) is 0 Å². The Morgan fingerprint density at radius 3 is 2.50 bits per heavy atom. The molecule has 0 radical (unpaired) electrons. The maximum absolute atomic E-state index is 11.3. The van der Waals surface area contributed by atoms with Gasteiger partial charge in [-0.05, 0) is 50.2 Å². The van der Waals surface area contributed by atoms with Gasteiger partial charge in [0.05, 0.1) is 11.3 Å². The number of pyridine rings is 1. The maximum atomic E-state index is 11.3. The van der Waals surface area contributed by atoms with Gasteiger partial charge in [0.15, 0.2) is 5.13 Å². The Labute approximate surface area is 170 Å². The number of nitrogens with zero attached hydrogens (tertiary/aromatic N) is 3. The van der Waals surface area contributed by atoms with Crippen LogP contribution in [0.25, 0.3) is 0 Å². The minimum absolute atomic E-state index is 0.0838. The highest BCUT2D eigenvalue weighted by molar-refractivity contribution is 7.16. The number of hydrogen-bond donors (Lipinski definition) is 1. The molecule has 2 aromatic rings. The number of aromatic nitrogens is 2. The zero-order valence-electron chi connectivity index (χ0n) is 17.4. The highest BCUT2D eigenvalue weighted by atomic mass is 32.1. The Kier molecular flexibility index (Phi) is 4.53. The lowest BCUT2D eigenvalue weighted by Gasteiger charge is -2.37. The van der Waals surface area contributed by atoms with Gasteiger partial charge in [-0.15, -0.1) is 11.3 Å². The normalized spacial score (nSPS) is 19.9. The molecule has 1 saturated carbocycles. The number of carboxylic acids is 1. The average molecular weight is 400 g/mol. The van der Waals surface area contributed by atoms with E-state index in [4.69, 9.17) is 4.98 Å². The molecule has 2 aliphatic rings. The molecule has 0 saturated heterocycles. The first-order valence-electron chi connectivity index (χ1n) is 10.1. The van der Waals surface area contributed by atoms with E-state index in [9.17, 15) is 9.90 Å². The molecule has 6 heteroatoms. The van der Waals surface area contributed by atoms with Gasteiger partial charge in [-0.25, -0.2) is 14.8 Å². The maximum Gasteiger partial charge on any atom is 0.337 e. The molecule has 150 valence electrons. The first-order valence-corrected chi connectivity index (χ1v) is 10.9. The summed E-state index contributed by atoms with van der Waals surface area (Å²) in [6, 6.07) is 1.71. The van der Waals surface area contributed by atoms with Gasteiger partial charge in [0.1, 0.15) is 5.82 Å². The highest BCUT2D eigenvalue weighted by Crippen LogP contribution is 2.50. The predicted molar refractivity (Wildman–Crippen MR) is 113 cm³/mol. The summed E-state index contributed by atoms with van der Waals surface area (Å²) in [7, 11) is 0. The Hall–Kier alpha value is -1.95. The van der Waals surface area contributed by atoms with Crippen LogP contribution in [0.2, 0.25) is 0 Å². The van der Waals surface area contributed by atoms with Crippen molar-refractivity contribution in [3.8, 4) is 0 Å². The molecule has 0 aliphatic heterocycles. The Bertz CT molecular complexity index is 894. The predicted octanol–water partition coefficient (Wildman–Crippen LogP) is 5.44. The summed E-state index contributed by atoms with van der Waals surface area (Å²) in [5, 5.41) is 10.3. The van der Waals surface area contributed by atoms with E-state index in [1.807, 2.05) is 6.92 Å². The lowest BCUT2D eigenvalue weighted by molar-refractivity contribution is 0.0696. The second-order valence-corrected chi connectivity index (χ2v) is 10.6. The highest BCUT2D eigenvalue weighted by Gasteiger charge is 2.41. The summed E-state index contributed by atoms with van der Waals surface area (Å²) in [4.78, 5) is 24.6. The van der Waals surface area contributed by atoms with Crippen molar-refractivity contribution in [3.05, 3.63) is 34.0 Å². The molecule has 0 spiro atoms. The van der Waals surface area contributed by atoms with Gasteiger partial charge in [-0.1, -0.05) is 27.7 Å². The molecule has 0 amide bonds. The van der Waals surface area contributed by atoms with Crippen LogP contribution in [-0.4, -0.2) is 27.6 Å². The van der Waals surface area contributed by atoms with Crippen molar-refractivity contribution < 1.29 is 9.90 Å². The number of anilines is 2. The van der Waals surface area contributed by atoms with E-state index >= 15 is 0 Å². The summed E-state index contributed by atoms with van der Waals surface area (Å²) in [6.45, 7) is 12.1. The lowest BCUT2D eigenvalue weighted by Crippen LogP contribution is -2.32. The summed E-state index contributed by atoms with van der Waals surface area (Å²) in [5.74, 6) is 0.560. The number of thiazole rings is 1. The van der Waals surface area contributed by atoms with Crippen molar-refractivity contribution in [2.75, 3.05) is 11.4 Å². The minimum atomic E-state index is -0.941. The minimum Gasteiger partial charge on any atom is -0.478 e. The van der Waals surface area contributed by atoms with Gasteiger partial charge in [-0.3, -0.25) is 0 Å². The monoisotopic (exact) mass is 399 g/mol. The molecule has 2 aliphatic carbocycles. The molecule has 0 bridgehead atoms. The standard InChI is InChI=1S/C22H29N3O2S/c1-13-10-15(19(26)27)11-23-18(13)25(12-14-6-7-14)20-24-16-17(28-20)22(4,5)9-8-21(16,2)3/h10-11,14H,6-9,12H2,1-5H3,(H,26,27). The fourth-order valence-electron chi connectivity index (χ4n) is 3.98. The zero-order valence-corrected chi connectivity index (χ0v) is 18.2. The number of aromatic carboxylic acids is 1. The number of carboxylic acid groups (broad SMARTS) is 1. The molecule has 1 fully saturated rings. The number of carbonyl (C=O) groups is 1. The molecule has 1 N–H and O–H groups in total. The molecule has 28 heavy (non-hydrogen) atoms. The van der Waals surface area contributed by atoms with Crippen LogP contribution in [0.3, 0.4) is 0 Å². The Balaban J connectivity index is 1.80. The van der Waals surface area contributed by atoms with Crippen LogP contribution >= 0.6 is 11.3 Å². The zero-order chi connectivity index (χ0) is 20.3. The molecule has 0 unspecified atom stereocenters. The molecular weight excluding hydrogens is 370 g/mol. The van der Waals surface area contributed by atoms with Crippen molar-refractivity contribution in [1.82, 2.24) is 9.97 Å². The van der Waals surface area contributed by atoms with Gasteiger partial charge in [0.2, 0.25) is 0 Å². The van der Waals surface area contributed by atoms with Crippen LogP contribution in [0.15, 0.2) is 12.3 Å². The van der Waals surface area contributed by atoms with Crippen LogP contribution < -0.4 is 4.90 Å². The topological polar surface area (TPSA) is 66.3 Å². The fourth-order valence-corrected chi connectivity index (χ4v) is 5.37. The molecule has 2 aromatic heterocycles. The van der Waals surface area contributed by atoms with E-state index in [1.165, 1.54) is 36.0 Å². The molecule has 4 rings (SSSR count). The Morgan fingerprint density at radius 1 is 1.25 bits per heavy atom. The van der Waals surface area contributed by atoms with E-state index in [-0.39, 0.29) is 16.4 Å². The van der Waals surface area contributed by atoms with Crippen LogP contribution in [0.4, 0.5) is 10.9 Å². The van der Waals surface area contributed by atoms with Gasteiger partial charge in [0, 0.05) is 28.4 Å². The summed E-state index contributed by atoms with van der Waals surface area (Å²) < 4.78 is 0. The van der Waals surface area contributed by atoms with Gasteiger partial charge in [0.25, 0.3) is 0 Å². The molecular formula is C22H29N3O2S. The second kappa shape index (κ2) is 6.55. The summed E-state index contributed by atoms with van der Waals surface area (Å²) in [6.07, 6.45) is 6.26. The van der Waals surface area contributed by atoms with E-state index in [2.05, 4.69) is 37.6 Å². The molecule has 0 atom stereocenters. The van der Waals surface area contributed by atoms with Crippen LogP contribution in [-0.2, 0) is 10.8 Å². The first kappa shape index (κ1) is 19.4. The number of aryl methyl sites for hydroxylation is 1. The third-order valence-electron chi connectivity index (χ3n) is 6.17. The quantitative estimate of drug-likeness (QED) is 0.725. The number of fused-ring (bicyclic) bond motifs is 1. The largest absolute Gasteiger partial charge is 0.478 e. The third kappa shape index (κ3) is 3.43. The lowest BCUT2D eigenvalue weighted by atomic mass is 9.69. The Morgan fingerprint density at radius 2 is 1.93 bits per heavy atom. The SMILES string of the molecule is Cc1cc(C(=O)O)cnc1N(CC1CC1)c1nc2c(s1)C(C)(C)CCC2(C)C. The first-order chi connectivity index (χ1) is 13.1. The smallest absolute Gasteiger partial charge is 0.337 e. The van der Waals surface area contributed by atoms with Crippen molar-refractivity contribution in [1.29, 1.82) is 0 Å². The molecule has 5 nitrogen and oxygen atoms in total.